The van der Waals surface area contributed by atoms with Crippen LogP contribution in [0.3, 0.4) is 0 Å². The molecule has 3 heteroatoms. The van der Waals surface area contributed by atoms with Gasteiger partial charge in [0.05, 0.1) is 0 Å². The molecule has 1 unspecified atom stereocenters. The molecule has 0 radical (unpaired) electrons. The summed E-state index contributed by atoms with van der Waals surface area (Å²) in [6.45, 7) is 7.56. The Hall–Kier alpha value is -1.06. The normalized spacial score (nSPS) is 12.9. The zero-order valence-electron chi connectivity index (χ0n) is 11.7. The first kappa shape index (κ1) is 13.4. The molecule has 0 aliphatic carbocycles. The third-order valence-corrected chi connectivity index (χ3v) is 4.38. The van der Waals surface area contributed by atoms with E-state index < -0.39 is 0 Å². The van der Waals surface area contributed by atoms with E-state index in [1.54, 1.807) is 11.3 Å². The van der Waals surface area contributed by atoms with Gasteiger partial charge in [0.15, 0.2) is 0 Å². The highest BCUT2D eigenvalue weighted by Gasteiger charge is 2.08. The molecule has 0 bridgehead atoms. The summed E-state index contributed by atoms with van der Waals surface area (Å²) in [5, 5.41) is 7.99. The lowest BCUT2D eigenvalue weighted by atomic mass is 10.1. The highest BCUT2D eigenvalue weighted by atomic mass is 32.1. The van der Waals surface area contributed by atoms with Crippen LogP contribution in [0.4, 0.5) is 0 Å². The standard InChI is InChI=1S/C15H22N2S/c1-11(7-14-5-6-18-10-14)16-9-15-8-12(2)17(4)13(15)3/h5-6,8,10-11,16H,7,9H2,1-4H3. The van der Waals surface area contributed by atoms with E-state index in [0.29, 0.717) is 6.04 Å². The molecular formula is C15H22N2S. The third-order valence-electron chi connectivity index (χ3n) is 3.64. The van der Waals surface area contributed by atoms with Crippen LogP contribution in [0.15, 0.2) is 22.9 Å². The predicted octanol–water partition coefficient (Wildman–Crippen LogP) is 3.42. The molecule has 1 N–H and O–H groups in total. The molecule has 0 saturated carbocycles. The number of thiophene rings is 1. The van der Waals surface area contributed by atoms with Gasteiger partial charge in [0.2, 0.25) is 0 Å². The molecule has 1 atom stereocenters. The van der Waals surface area contributed by atoms with E-state index in [2.05, 4.69) is 60.6 Å². The van der Waals surface area contributed by atoms with Crippen molar-refractivity contribution in [3.63, 3.8) is 0 Å². The van der Waals surface area contributed by atoms with Crippen LogP contribution in [-0.4, -0.2) is 10.6 Å². The van der Waals surface area contributed by atoms with Crippen LogP contribution in [0.1, 0.15) is 29.4 Å². The van der Waals surface area contributed by atoms with Crippen molar-refractivity contribution in [2.75, 3.05) is 0 Å². The highest BCUT2D eigenvalue weighted by molar-refractivity contribution is 7.07. The topological polar surface area (TPSA) is 17.0 Å². The lowest BCUT2D eigenvalue weighted by Crippen LogP contribution is -2.27. The van der Waals surface area contributed by atoms with Gasteiger partial charge in [0, 0.05) is 31.0 Å². The van der Waals surface area contributed by atoms with Gasteiger partial charge in [-0.15, -0.1) is 0 Å². The lowest BCUT2D eigenvalue weighted by molar-refractivity contribution is 0.544. The molecule has 0 fully saturated rings. The van der Waals surface area contributed by atoms with E-state index in [1.807, 2.05) is 0 Å². The fourth-order valence-corrected chi connectivity index (χ4v) is 2.91. The van der Waals surface area contributed by atoms with Crippen LogP contribution in [0.2, 0.25) is 0 Å². The predicted molar refractivity (Wildman–Crippen MR) is 79.2 cm³/mol. The van der Waals surface area contributed by atoms with Gasteiger partial charge in [-0.2, -0.15) is 11.3 Å². The fraction of sp³-hybridized carbons (Fsp3) is 0.467. The Morgan fingerprint density at radius 1 is 1.39 bits per heavy atom. The molecule has 98 valence electrons. The highest BCUT2D eigenvalue weighted by Crippen LogP contribution is 2.14. The first-order valence-corrected chi connectivity index (χ1v) is 7.38. The van der Waals surface area contributed by atoms with Gasteiger partial charge in [-0.3, -0.25) is 0 Å². The van der Waals surface area contributed by atoms with E-state index in [1.165, 1.54) is 22.5 Å². The Morgan fingerprint density at radius 3 is 2.72 bits per heavy atom. The van der Waals surface area contributed by atoms with E-state index >= 15 is 0 Å². The number of hydrogen-bond acceptors (Lipinski definition) is 2. The minimum atomic E-state index is 0.513. The first-order valence-electron chi connectivity index (χ1n) is 6.44. The summed E-state index contributed by atoms with van der Waals surface area (Å²) in [7, 11) is 2.13. The average molecular weight is 262 g/mol. The van der Waals surface area contributed by atoms with Crippen molar-refractivity contribution in [3.8, 4) is 0 Å². The van der Waals surface area contributed by atoms with Crippen molar-refractivity contribution < 1.29 is 0 Å². The monoisotopic (exact) mass is 262 g/mol. The molecule has 0 aromatic carbocycles. The summed E-state index contributed by atoms with van der Waals surface area (Å²) < 4.78 is 2.25. The van der Waals surface area contributed by atoms with Gasteiger partial charge in [0.1, 0.15) is 0 Å². The van der Waals surface area contributed by atoms with Crippen molar-refractivity contribution in [1.29, 1.82) is 0 Å². The average Bonchev–Trinajstić information content (AvgIpc) is 2.92. The summed E-state index contributed by atoms with van der Waals surface area (Å²) >= 11 is 1.77. The molecule has 2 heterocycles. The van der Waals surface area contributed by atoms with Crippen molar-refractivity contribution >= 4 is 11.3 Å². The van der Waals surface area contributed by atoms with Gasteiger partial charge in [0.25, 0.3) is 0 Å². The van der Waals surface area contributed by atoms with Crippen LogP contribution in [0.25, 0.3) is 0 Å². The molecule has 2 aromatic heterocycles. The second kappa shape index (κ2) is 5.72. The first-order chi connectivity index (χ1) is 8.58. The molecule has 0 aliphatic rings. The van der Waals surface area contributed by atoms with E-state index in [0.717, 1.165) is 13.0 Å². The van der Waals surface area contributed by atoms with Gasteiger partial charge in [-0.05, 0) is 61.2 Å². The smallest absolute Gasteiger partial charge is 0.0225 e. The van der Waals surface area contributed by atoms with Crippen molar-refractivity contribution in [1.82, 2.24) is 9.88 Å². The number of hydrogen-bond donors (Lipinski definition) is 1. The molecule has 0 amide bonds. The van der Waals surface area contributed by atoms with Crippen LogP contribution < -0.4 is 5.32 Å². The van der Waals surface area contributed by atoms with Crippen LogP contribution in [-0.2, 0) is 20.0 Å². The van der Waals surface area contributed by atoms with E-state index in [9.17, 15) is 0 Å². The van der Waals surface area contributed by atoms with Gasteiger partial charge >= 0.3 is 0 Å². The molecule has 0 aliphatic heterocycles. The maximum Gasteiger partial charge on any atom is 0.0225 e. The SMILES string of the molecule is Cc1cc(CNC(C)Cc2ccsc2)c(C)n1C. The number of aromatic nitrogens is 1. The Morgan fingerprint density at radius 2 is 2.17 bits per heavy atom. The Kier molecular flexibility index (Phi) is 4.25. The summed E-state index contributed by atoms with van der Waals surface area (Å²) in [6, 6.07) is 5.00. The number of aryl methyl sites for hydroxylation is 1. The molecule has 2 aromatic rings. The summed E-state index contributed by atoms with van der Waals surface area (Å²) in [6.07, 6.45) is 1.11. The van der Waals surface area contributed by atoms with Crippen LogP contribution in [0.5, 0.6) is 0 Å². The summed E-state index contributed by atoms with van der Waals surface area (Å²) in [5.74, 6) is 0. The maximum atomic E-state index is 3.61. The quantitative estimate of drug-likeness (QED) is 0.873. The fourth-order valence-electron chi connectivity index (χ4n) is 2.23. The second-order valence-electron chi connectivity index (χ2n) is 5.07. The molecule has 0 saturated heterocycles. The minimum absolute atomic E-state index is 0.513. The van der Waals surface area contributed by atoms with Gasteiger partial charge in [-0.1, -0.05) is 0 Å². The zero-order chi connectivity index (χ0) is 13.1. The molecule has 2 nitrogen and oxygen atoms in total. The molecule has 0 spiro atoms. The number of rotatable bonds is 5. The molecule has 18 heavy (non-hydrogen) atoms. The third kappa shape index (κ3) is 3.03. The van der Waals surface area contributed by atoms with Gasteiger partial charge < -0.3 is 9.88 Å². The minimum Gasteiger partial charge on any atom is -0.352 e. The summed E-state index contributed by atoms with van der Waals surface area (Å²) in [4.78, 5) is 0. The number of nitrogens with zero attached hydrogens (tertiary/aromatic N) is 1. The van der Waals surface area contributed by atoms with E-state index in [-0.39, 0.29) is 0 Å². The Labute approximate surface area is 114 Å². The van der Waals surface area contributed by atoms with Crippen molar-refractivity contribution in [3.05, 3.63) is 45.4 Å². The maximum absolute atomic E-state index is 3.61. The largest absolute Gasteiger partial charge is 0.352 e. The Balaban J connectivity index is 1.89. The molecular weight excluding hydrogens is 240 g/mol. The summed E-state index contributed by atoms with van der Waals surface area (Å²) in [5.41, 5.74) is 5.53. The van der Waals surface area contributed by atoms with Crippen LogP contribution in [0, 0.1) is 13.8 Å². The van der Waals surface area contributed by atoms with Gasteiger partial charge in [-0.25, -0.2) is 0 Å². The van der Waals surface area contributed by atoms with Crippen molar-refractivity contribution in [2.45, 2.75) is 39.8 Å². The van der Waals surface area contributed by atoms with Crippen molar-refractivity contribution in [2.24, 2.45) is 7.05 Å². The second-order valence-corrected chi connectivity index (χ2v) is 5.85. The van der Waals surface area contributed by atoms with E-state index in [4.69, 9.17) is 0 Å². The lowest BCUT2D eigenvalue weighted by Gasteiger charge is -2.13. The zero-order valence-corrected chi connectivity index (χ0v) is 12.5. The Bertz CT molecular complexity index is 497. The van der Waals surface area contributed by atoms with Crippen LogP contribution >= 0.6 is 11.3 Å². The number of nitrogens with one attached hydrogen (secondary N) is 1. The molecule has 2 rings (SSSR count).